The van der Waals surface area contributed by atoms with Gasteiger partial charge in [0.1, 0.15) is 42.7 Å². The van der Waals surface area contributed by atoms with Gasteiger partial charge in [0, 0.05) is 13.0 Å². The van der Waals surface area contributed by atoms with Crippen LogP contribution in [0.5, 0.6) is 0 Å². The van der Waals surface area contributed by atoms with Crippen molar-refractivity contribution < 1.29 is 58.3 Å². The summed E-state index contributed by atoms with van der Waals surface area (Å²) in [6, 6.07) is 0. The van der Waals surface area contributed by atoms with Crippen molar-refractivity contribution in [2.75, 3.05) is 19.8 Å². The number of carbonyl (C=O) groups is 1. The van der Waals surface area contributed by atoms with Crippen LogP contribution in [-0.2, 0) is 27.9 Å². The lowest BCUT2D eigenvalue weighted by molar-refractivity contribution is -0.220. The second-order valence-electron chi connectivity index (χ2n) is 16.9. The van der Waals surface area contributed by atoms with E-state index in [-0.39, 0.29) is 13.0 Å². The largest absolute Gasteiger partial charge is 0.472 e. The van der Waals surface area contributed by atoms with E-state index in [1.807, 2.05) is 0 Å². The SMILES string of the molecule is CC/C=C\C/C=C\C/C=C\C/C=C\CCCCCOCC(COP(=O)(O)OC1C(O)C(O)C(O)C(O)C1O)OC(=O)CCCCCCCCCCCCCCCCCCCCC. The summed E-state index contributed by atoms with van der Waals surface area (Å²) in [5.74, 6) is -0.487. The predicted molar refractivity (Wildman–Crippen MR) is 249 cm³/mol. The molecule has 13 heteroatoms. The Labute approximate surface area is 375 Å². The summed E-state index contributed by atoms with van der Waals surface area (Å²) >= 11 is 0. The van der Waals surface area contributed by atoms with E-state index < -0.39 is 63.1 Å². The van der Waals surface area contributed by atoms with Gasteiger partial charge in [0.25, 0.3) is 0 Å². The maximum atomic E-state index is 12.8. The molecule has 0 aliphatic heterocycles. The highest BCUT2D eigenvalue weighted by molar-refractivity contribution is 7.47. The van der Waals surface area contributed by atoms with Gasteiger partial charge in [-0.3, -0.25) is 13.8 Å². The number of unbranched alkanes of at least 4 members (excludes halogenated alkanes) is 21. The minimum atomic E-state index is -5.03. The van der Waals surface area contributed by atoms with Crippen molar-refractivity contribution in [3.63, 3.8) is 0 Å². The van der Waals surface area contributed by atoms with E-state index in [1.54, 1.807) is 0 Å². The van der Waals surface area contributed by atoms with Gasteiger partial charge in [0.15, 0.2) is 0 Å². The Bertz CT molecular complexity index is 1210. The minimum Gasteiger partial charge on any atom is -0.457 e. The van der Waals surface area contributed by atoms with Crippen LogP contribution in [0.2, 0.25) is 0 Å². The molecule has 1 rings (SSSR count). The fraction of sp³-hybridized carbons (Fsp3) is 0.816. The number of hydrogen-bond donors (Lipinski definition) is 6. The molecule has 0 heterocycles. The fourth-order valence-corrected chi connectivity index (χ4v) is 8.32. The highest BCUT2D eigenvalue weighted by Crippen LogP contribution is 2.47. The quantitative estimate of drug-likeness (QED) is 0.0147. The number of phosphoric ester groups is 1. The molecule has 0 spiro atoms. The molecule has 6 atom stereocenters. The van der Waals surface area contributed by atoms with Gasteiger partial charge in [-0.2, -0.15) is 0 Å². The first-order valence-corrected chi connectivity index (χ1v) is 26.0. The van der Waals surface area contributed by atoms with Gasteiger partial charge < -0.3 is 39.9 Å². The Morgan fingerprint density at radius 3 is 1.44 bits per heavy atom. The Hall–Kier alpha value is -1.70. The maximum Gasteiger partial charge on any atom is 0.472 e. The van der Waals surface area contributed by atoms with Crippen LogP contribution in [0, 0.1) is 0 Å². The van der Waals surface area contributed by atoms with E-state index in [0.29, 0.717) is 13.0 Å². The number of esters is 1. The molecule has 0 saturated heterocycles. The van der Waals surface area contributed by atoms with Crippen molar-refractivity contribution >= 4 is 13.8 Å². The smallest absolute Gasteiger partial charge is 0.457 e. The zero-order valence-corrected chi connectivity index (χ0v) is 39.6. The maximum absolute atomic E-state index is 12.8. The topological polar surface area (TPSA) is 192 Å². The molecule has 62 heavy (non-hydrogen) atoms. The Morgan fingerprint density at radius 1 is 0.532 bits per heavy atom. The van der Waals surface area contributed by atoms with Crippen LogP contribution in [0.25, 0.3) is 0 Å². The van der Waals surface area contributed by atoms with E-state index in [0.717, 1.165) is 70.6 Å². The van der Waals surface area contributed by atoms with Crippen LogP contribution in [0.3, 0.4) is 0 Å². The number of ether oxygens (including phenoxy) is 2. The number of aliphatic hydroxyl groups excluding tert-OH is 5. The lowest BCUT2D eigenvalue weighted by atomic mass is 9.85. The second-order valence-corrected chi connectivity index (χ2v) is 18.3. The monoisotopic (exact) mass is 901 g/mol. The zero-order valence-electron chi connectivity index (χ0n) is 38.7. The molecule has 0 aromatic carbocycles. The average Bonchev–Trinajstić information content (AvgIpc) is 3.26. The van der Waals surface area contributed by atoms with Gasteiger partial charge in [-0.25, -0.2) is 4.57 Å². The number of carbonyl (C=O) groups excluding carboxylic acids is 1. The first kappa shape index (κ1) is 58.3. The minimum absolute atomic E-state index is 0.0971. The lowest BCUT2D eigenvalue weighted by Gasteiger charge is -2.41. The molecule has 0 bridgehead atoms. The van der Waals surface area contributed by atoms with Crippen molar-refractivity contribution in [2.24, 2.45) is 0 Å². The summed E-state index contributed by atoms with van der Waals surface area (Å²) in [7, 11) is -5.03. The first-order chi connectivity index (χ1) is 30.0. The molecule has 6 unspecified atom stereocenters. The Kier molecular flexibility index (Phi) is 37.3. The predicted octanol–water partition coefficient (Wildman–Crippen LogP) is 10.4. The van der Waals surface area contributed by atoms with Crippen molar-refractivity contribution in [1.29, 1.82) is 0 Å². The molecule has 6 N–H and O–H groups in total. The third kappa shape index (κ3) is 31.2. The van der Waals surface area contributed by atoms with Crippen molar-refractivity contribution in [2.45, 2.75) is 236 Å². The van der Waals surface area contributed by atoms with Crippen LogP contribution in [-0.4, -0.2) is 98.9 Å². The highest BCUT2D eigenvalue weighted by atomic mass is 31.2. The molecule has 0 amide bonds. The highest BCUT2D eigenvalue weighted by Gasteiger charge is 2.51. The number of phosphoric acid groups is 1. The molecule has 0 aromatic heterocycles. The van der Waals surface area contributed by atoms with E-state index in [1.165, 1.54) is 96.3 Å². The van der Waals surface area contributed by atoms with E-state index in [9.17, 15) is 39.8 Å². The van der Waals surface area contributed by atoms with Crippen molar-refractivity contribution in [1.82, 2.24) is 0 Å². The van der Waals surface area contributed by atoms with Crippen molar-refractivity contribution in [3.8, 4) is 0 Å². The molecular weight excluding hydrogens is 812 g/mol. The molecule has 0 radical (unpaired) electrons. The third-order valence-corrected chi connectivity index (χ3v) is 12.2. The molecular formula is C49H89O12P. The number of allylic oxidation sites excluding steroid dienone is 8. The molecule has 1 saturated carbocycles. The summed E-state index contributed by atoms with van der Waals surface area (Å²) < 4.78 is 34.2. The van der Waals surface area contributed by atoms with E-state index >= 15 is 0 Å². The summed E-state index contributed by atoms with van der Waals surface area (Å²) in [6.45, 7) is 4.09. The Morgan fingerprint density at radius 2 is 0.952 bits per heavy atom. The number of hydrogen-bond acceptors (Lipinski definition) is 11. The zero-order chi connectivity index (χ0) is 45.5. The van der Waals surface area contributed by atoms with Gasteiger partial charge in [0.2, 0.25) is 0 Å². The summed E-state index contributed by atoms with van der Waals surface area (Å²) in [6.07, 6.45) is 36.1. The van der Waals surface area contributed by atoms with Crippen LogP contribution in [0.15, 0.2) is 48.6 Å². The van der Waals surface area contributed by atoms with Gasteiger partial charge >= 0.3 is 13.8 Å². The normalized spacial score (nSPS) is 22.4. The number of rotatable bonds is 41. The average molecular weight is 901 g/mol. The second kappa shape index (κ2) is 39.6. The summed E-state index contributed by atoms with van der Waals surface area (Å²) in [5.41, 5.74) is 0. The van der Waals surface area contributed by atoms with Gasteiger partial charge in [-0.15, -0.1) is 0 Å². The number of aliphatic hydroxyl groups is 5. The molecule has 362 valence electrons. The van der Waals surface area contributed by atoms with Gasteiger partial charge in [0.05, 0.1) is 13.2 Å². The molecule has 0 aromatic rings. The Balaban J connectivity index is 2.38. The summed E-state index contributed by atoms with van der Waals surface area (Å²) in [5, 5.41) is 50.2. The van der Waals surface area contributed by atoms with Gasteiger partial charge in [-0.1, -0.05) is 184 Å². The molecule has 1 aliphatic carbocycles. The molecule has 12 nitrogen and oxygen atoms in total. The van der Waals surface area contributed by atoms with Crippen LogP contribution in [0.4, 0.5) is 0 Å². The lowest BCUT2D eigenvalue weighted by Crippen LogP contribution is -2.64. The van der Waals surface area contributed by atoms with Gasteiger partial charge in [-0.05, 0) is 51.4 Å². The van der Waals surface area contributed by atoms with E-state index in [4.69, 9.17) is 18.5 Å². The standard InChI is InChI=1S/C49H89O12P/c1-3-5-7-9-11-13-15-17-19-21-22-23-24-26-28-30-32-34-36-38-43(50)60-42(41-59-62(56,57)61-49-47(54)45(52)44(51)46(53)48(49)55)40-58-39-37-35-33-31-29-27-25-20-18-16-14-12-10-8-6-4-2/h6,8,12,14,18,20,27,29,42,44-49,51-55H,3-5,7,9-11,13,15-17,19,21-26,28,30-41H2,1-2H3,(H,56,57)/b8-6-,14-12-,20-18-,29-27-. The van der Waals surface area contributed by atoms with E-state index in [2.05, 4.69) is 62.5 Å². The summed E-state index contributed by atoms with van der Waals surface area (Å²) in [4.78, 5) is 23.2. The molecule has 1 fully saturated rings. The van der Waals surface area contributed by atoms with Crippen molar-refractivity contribution in [3.05, 3.63) is 48.6 Å². The fourth-order valence-electron chi connectivity index (χ4n) is 7.35. The van der Waals surface area contributed by atoms with Crippen LogP contribution in [0.1, 0.15) is 194 Å². The van der Waals surface area contributed by atoms with Crippen LogP contribution < -0.4 is 0 Å². The molecule has 1 aliphatic rings. The van der Waals surface area contributed by atoms with Crippen LogP contribution >= 0.6 is 7.82 Å². The third-order valence-electron chi connectivity index (χ3n) is 11.2. The first-order valence-electron chi connectivity index (χ1n) is 24.5.